The number of carbonyl (C=O) groups is 1. The molecule has 0 bridgehead atoms. The van der Waals surface area contributed by atoms with E-state index in [9.17, 15) is 18.0 Å². The van der Waals surface area contributed by atoms with Gasteiger partial charge >= 0.3 is 6.36 Å². The van der Waals surface area contributed by atoms with Gasteiger partial charge in [0.25, 0.3) is 5.91 Å². The highest BCUT2D eigenvalue weighted by molar-refractivity contribution is 7.14. The van der Waals surface area contributed by atoms with Gasteiger partial charge < -0.3 is 20.3 Å². The number of ether oxygens (including phenoxy) is 1. The molecule has 0 aliphatic rings. The first kappa shape index (κ1) is 21.0. The van der Waals surface area contributed by atoms with Crippen molar-refractivity contribution in [3.63, 3.8) is 0 Å². The summed E-state index contributed by atoms with van der Waals surface area (Å²) in [4.78, 5) is 18.5. The van der Waals surface area contributed by atoms with E-state index in [1.807, 2.05) is 0 Å². The highest BCUT2D eigenvalue weighted by Crippen LogP contribution is 2.26. The number of benzene rings is 1. The molecule has 0 fully saturated rings. The number of halogens is 3. The number of anilines is 2. The summed E-state index contributed by atoms with van der Waals surface area (Å²) in [7, 11) is 0. The van der Waals surface area contributed by atoms with Gasteiger partial charge in [0.2, 0.25) is 0 Å². The van der Waals surface area contributed by atoms with Gasteiger partial charge in [-0.25, -0.2) is 4.98 Å². The maximum Gasteiger partial charge on any atom is 0.573 e. The van der Waals surface area contributed by atoms with Crippen molar-refractivity contribution in [1.82, 2.24) is 15.2 Å². The van der Waals surface area contributed by atoms with Crippen molar-refractivity contribution in [3.05, 3.63) is 35.3 Å². The Bertz CT molecular complexity index is 731. The van der Waals surface area contributed by atoms with Gasteiger partial charge in [-0.05, 0) is 37.4 Å². The molecule has 6 nitrogen and oxygen atoms in total. The molecule has 0 radical (unpaired) electrons. The number of carbonyl (C=O) groups excluding carboxylic acids is 1. The number of thiazole rings is 1. The van der Waals surface area contributed by atoms with Gasteiger partial charge in [0.05, 0.1) is 0 Å². The summed E-state index contributed by atoms with van der Waals surface area (Å²) in [5, 5.41) is 7.85. The van der Waals surface area contributed by atoms with Crippen LogP contribution in [0.5, 0.6) is 5.75 Å². The SMILES string of the molecule is CCN(CC)CCNC(=O)c1csc(Nc2ccc(OC(F)(F)F)cc2)n1. The molecular formula is C17H21F3N4O2S. The van der Waals surface area contributed by atoms with Gasteiger partial charge in [-0.3, -0.25) is 4.79 Å². The van der Waals surface area contributed by atoms with E-state index in [0.29, 0.717) is 23.1 Å². The van der Waals surface area contributed by atoms with Crippen LogP contribution >= 0.6 is 11.3 Å². The van der Waals surface area contributed by atoms with E-state index in [0.717, 1.165) is 19.6 Å². The molecule has 2 aromatic rings. The fourth-order valence-electron chi connectivity index (χ4n) is 2.26. The molecule has 0 spiro atoms. The average molecular weight is 402 g/mol. The number of amides is 1. The lowest BCUT2D eigenvalue weighted by molar-refractivity contribution is -0.274. The molecule has 0 saturated heterocycles. The van der Waals surface area contributed by atoms with E-state index in [1.54, 1.807) is 5.38 Å². The molecule has 148 valence electrons. The van der Waals surface area contributed by atoms with Gasteiger partial charge in [0, 0.05) is 24.2 Å². The topological polar surface area (TPSA) is 66.5 Å². The largest absolute Gasteiger partial charge is 0.573 e. The van der Waals surface area contributed by atoms with Crippen LogP contribution in [0.2, 0.25) is 0 Å². The third-order valence-corrected chi connectivity index (χ3v) is 4.44. The van der Waals surface area contributed by atoms with E-state index < -0.39 is 6.36 Å². The molecule has 2 N–H and O–H groups in total. The van der Waals surface area contributed by atoms with Crippen molar-refractivity contribution in [3.8, 4) is 5.75 Å². The Kier molecular flexibility index (Phi) is 7.43. The zero-order valence-electron chi connectivity index (χ0n) is 15.0. The normalized spacial score (nSPS) is 11.5. The van der Waals surface area contributed by atoms with E-state index in [-0.39, 0.29) is 11.7 Å². The highest BCUT2D eigenvalue weighted by atomic mass is 32.1. The zero-order chi connectivity index (χ0) is 19.9. The number of hydrogen-bond acceptors (Lipinski definition) is 6. The summed E-state index contributed by atoms with van der Waals surface area (Å²) in [6.45, 7) is 7.26. The van der Waals surface area contributed by atoms with E-state index >= 15 is 0 Å². The van der Waals surface area contributed by atoms with Crippen molar-refractivity contribution < 1.29 is 22.7 Å². The first-order valence-electron chi connectivity index (χ1n) is 8.39. The summed E-state index contributed by atoms with van der Waals surface area (Å²) in [6, 6.07) is 5.27. The second-order valence-electron chi connectivity index (χ2n) is 5.52. The van der Waals surface area contributed by atoms with Gasteiger partial charge in [0.15, 0.2) is 5.13 Å². The highest BCUT2D eigenvalue weighted by Gasteiger charge is 2.30. The lowest BCUT2D eigenvalue weighted by Gasteiger charge is -2.17. The van der Waals surface area contributed by atoms with Crippen LogP contribution in [0.1, 0.15) is 24.3 Å². The molecule has 2 rings (SSSR count). The molecule has 27 heavy (non-hydrogen) atoms. The van der Waals surface area contributed by atoms with Crippen LogP contribution in [0, 0.1) is 0 Å². The lowest BCUT2D eigenvalue weighted by Crippen LogP contribution is -2.34. The van der Waals surface area contributed by atoms with Crippen LogP contribution in [0.15, 0.2) is 29.6 Å². The fraction of sp³-hybridized carbons (Fsp3) is 0.412. The minimum Gasteiger partial charge on any atom is -0.406 e. The number of hydrogen-bond donors (Lipinski definition) is 2. The third-order valence-electron chi connectivity index (χ3n) is 3.68. The predicted molar refractivity (Wildman–Crippen MR) is 98.6 cm³/mol. The molecule has 0 unspecified atom stereocenters. The van der Waals surface area contributed by atoms with Gasteiger partial charge in [-0.2, -0.15) is 0 Å². The Labute approximate surface area is 159 Å². The van der Waals surface area contributed by atoms with Crippen molar-refractivity contribution in [2.75, 3.05) is 31.5 Å². The lowest BCUT2D eigenvalue weighted by atomic mass is 10.3. The minimum absolute atomic E-state index is 0.264. The van der Waals surface area contributed by atoms with Crippen LogP contribution in [0.4, 0.5) is 24.0 Å². The summed E-state index contributed by atoms with van der Waals surface area (Å²) in [5.74, 6) is -0.569. The van der Waals surface area contributed by atoms with Crippen molar-refractivity contribution in [2.24, 2.45) is 0 Å². The first-order chi connectivity index (χ1) is 12.8. The van der Waals surface area contributed by atoms with Crippen molar-refractivity contribution in [1.29, 1.82) is 0 Å². The van der Waals surface area contributed by atoms with Crippen LogP contribution in [-0.4, -0.2) is 48.3 Å². The Balaban J connectivity index is 1.87. The van der Waals surface area contributed by atoms with Crippen molar-refractivity contribution >= 4 is 28.1 Å². The van der Waals surface area contributed by atoms with Crippen LogP contribution < -0.4 is 15.4 Å². The Morgan fingerprint density at radius 1 is 1.22 bits per heavy atom. The van der Waals surface area contributed by atoms with Gasteiger partial charge in [-0.1, -0.05) is 13.8 Å². The number of nitrogens with zero attached hydrogens (tertiary/aromatic N) is 2. The maximum atomic E-state index is 12.2. The van der Waals surface area contributed by atoms with Crippen LogP contribution in [0.25, 0.3) is 0 Å². The Hall–Kier alpha value is -2.33. The molecule has 1 aromatic carbocycles. The smallest absolute Gasteiger partial charge is 0.406 e. The summed E-state index contributed by atoms with van der Waals surface area (Å²) in [5.41, 5.74) is 0.825. The maximum absolute atomic E-state index is 12.2. The zero-order valence-corrected chi connectivity index (χ0v) is 15.8. The molecule has 10 heteroatoms. The second-order valence-corrected chi connectivity index (χ2v) is 6.38. The molecule has 1 aromatic heterocycles. The number of likely N-dealkylation sites (N-methyl/N-ethyl adjacent to an activating group) is 1. The molecule has 0 atom stereocenters. The Morgan fingerprint density at radius 3 is 2.48 bits per heavy atom. The summed E-state index contributed by atoms with van der Waals surface area (Å²) >= 11 is 1.23. The minimum atomic E-state index is -4.72. The molecule has 0 aliphatic carbocycles. The molecular weight excluding hydrogens is 381 g/mol. The Morgan fingerprint density at radius 2 is 1.89 bits per heavy atom. The summed E-state index contributed by atoms with van der Waals surface area (Å²) < 4.78 is 40.3. The molecule has 0 aliphatic heterocycles. The second kappa shape index (κ2) is 9.56. The van der Waals surface area contributed by atoms with Crippen molar-refractivity contribution in [2.45, 2.75) is 20.2 Å². The fourth-order valence-corrected chi connectivity index (χ4v) is 2.97. The molecule has 1 heterocycles. The monoisotopic (exact) mass is 402 g/mol. The van der Waals surface area contributed by atoms with E-state index in [1.165, 1.54) is 35.6 Å². The number of alkyl halides is 3. The molecule has 1 amide bonds. The van der Waals surface area contributed by atoms with E-state index in [4.69, 9.17) is 0 Å². The number of aromatic nitrogens is 1. The van der Waals surface area contributed by atoms with Crippen LogP contribution in [-0.2, 0) is 0 Å². The first-order valence-corrected chi connectivity index (χ1v) is 9.27. The summed E-state index contributed by atoms with van der Waals surface area (Å²) in [6.07, 6.45) is -4.72. The standard InChI is InChI=1S/C17H21F3N4O2S/c1-3-24(4-2)10-9-21-15(25)14-11-27-16(23-14)22-12-5-7-13(8-6-12)26-17(18,19)20/h5-8,11H,3-4,9-10H2,1-2H3,(H,21,25)(H,22,23). The third kappa shape index (κ3) is 7.06. The van der Waals surface area contributed by atoms with Crippen LogP contribution in [0.3, 0.4) is 0 Å². The number of rotatable bonds is 9. The average Bonchev–Trinajstić information content (AvgIpc) is 3.08. The van der Waals surface area contributed by atoms with Gasteiger partial charge in [0.1, 0.15) is 11.4 Å². The number of nitrogens with one attached hydrogen (secondary N) is 2. The molecule has 0 saturated carbocycles. The van der Waals surface area contributed by atoms with E-state index in [2.05, 4.69) is 39.1 Å². The quantitative estimate of drug-likeness (QED) is 0.667. The van der Waals surface area contributed by atoms with Gasteiger partial charge in [-0.15, -0.1) is 24.5 Å². The predicted octanol–water partition coefficient (Wildman–Crippen LogP) is 3.86.